The second-order valence-electron chi connectivity index (χ2n) is 27.9. The Morgan fingerprint density at radius 2 is 0.824 bits per heavy atom. The van der Waals surface area contributed by atoms with Gasteiger partial charge in [-0.2, -0.15) is 0 Å². The van der Waals surface area contributed by atoms with Crippen molar-refractivity contribution < 1.29 is 107 Å². The van der Waals surface area contributed by atoms with Crippen LogP contribution in [0.2, 0.25) is 0 Å². The first kappa shape index (κ1) is 95.2. The van der Waals surface area contributed by atoms with Gasteiger partial charge in [0.05, 0.1) is 25.5 Å². The Balaban J connectivity index is 3.65. The maximum Gasteiger partial charge on any atom is 0.326 e. The van der Waals surface area contributed by atoms with Gasteiger partial charge >= 0.3 is 17.9 Å². The van der Waals surface area contributed by atoms with E-state index >= 15 is 0 Å². The van der Waals surface area contributed by atoms with Crippen LogP contribution in [0.15, 0.2) is 29.3 Å². The van der Waals surface area contributed by atoms with Crippen LogP contribution in [0, 0.1) is 29.6 Å². The third-order valence-electron chi connectivity index (χ3n) is 16.6. The Bertz CT molecular complexity index is 3310. The lowest BCUT2D eigenvalue weighted by molar-refractivity contribution is -0.143. The molecule has 14 atom stereocenters. The molecule has 0 unspecified atom stereocenters. The molecule has 1 rings (SSSR count). The molecule has 0 aromatic heterocycles. The number of carbonyl (C=O) groups is 17. The zero-order chi connectivity index (χ0) is 82.6. The highest BCUT2D eigenvalue weighted by atomic mass is 16.4. The van der Waals surface area contributed by atoms with Gasteiger partial charge in [-0.25, -0.2) is 4.79 Å². The number of aliphatic hydroxyl groups is 1. The zero-order valence-corrected chi connectivity index (χ0v) is 62.8. The summed E-state index contributed by atoms with van der Waals surface area (Å²) in [6, 6.07) is -16.2. The predicted octanol–water partition coefficient (Wildman–Crippen LogP) is -5.45. The molecule has 0 fully saturated rings. The Morgan fingerprint density at radius 3 is 1.29 bits per heavy atom. The molecule has 0 heterocycles. The van der Waals surface area contributed by atoms with E-state index in [2.05, 4.69) is 68.8 Å². The molecule has 0 radical (unpaired) electrons. The maximum absolute atomic E-state index is 14.4. The summed E-state index contributed by atoms with van der Waals surface area (Å²) >= 11 is 0. The number of carboxylic acids is 3. The van der Waals surface area contributed by atoms with Crippen LogP contribution in [0.3, 0.4) is 0 Å². The molecule has 0 saturated heterocycles. The number of carboxylic acid groups (broad SMARTS) is 3. The lowest BCUT2D eigenvalue weighted by Gasteiger charge is -2.29. The van der Waals surface area contributed by atoms with E-state index in [0.29, 0.717) is 6.42 Å². The molecule has 0 saturated carbocycles. The molecular weight excluding hydrogens is 1420 g/mol. The number of aliphatic imine (C=N–C) groups is 1. The Hall–Kier alpha value is -10.8. The van der Waals surface area contributed by atoms with Crippen LogP contribution < -0.4 is 92.5 Å². The molecule has 0 aliphatic rings. The summed E-state index contributed by atoms with van der Waals surface area (Å²) in [4.78, 5) is 232. The standard InChI is InChI=1S/C68H112N18O22/c1-12-35(10)54(66(106)78-42(67(107)108)14-13-23-74-68(72)73)86-58(98)41(20-22-51(91)92)76-61(101)46(28-50(71)90)82-57(97)40(19-21-49(70)89)77-64(104)48(30-87)84-60(100)45(27-37-15-17-38(88)18-16-37)81-62(102)47(29-52(93)94)83-59(99)43(25-32(4)5)79-55(95)36(11)75-65(105)53(34(8)9)85-63(103)44(26-33(6)7)80-56(96)39(69)24-31(2)3/h15-18,31-36,39-48,53-54,87-88H,12-14,19-30,69H2,1-11H3,(H2,70,89)(H2,71,90)(H,75,105)(H,76,101)(H,77,104)(H,78,106)(H,79,95)(H,80,96)(H,81,102)(H,82,97)(H,83,99)(H,84,100)(H,85,103)(H,86,98)(H,91,92)(H,93,94)(H,107,108)(H4,72,73,74)/t35-,36-,39-,40-,41-,42-,43-,44-,45-,46-,47-,48-,53-,54-/m0/s1. The Labute approximate surface area is 625 Å². The van der Waals surface area contributed by atoms with Crippen LogP contribution in [0.4, 0.5) is 0 Å². The van der Waals surface area contributed by atoms with Gasteiger partial charge in [-0.15, -0.1) is 0 Å². The number of hydrogen-bond acceptors (Lipinski definition) is 21. The van der Waals surface area contributed by atoms with Gasteiger partial charge in [0.25, 0.3) is 0 Å². The number of carbonyl (C=O) groups excluding carboxylic acids is 14. The Kier molecular flexibility index (Phi) is 42.0. The largest absolute Gasteiger partial charge is 0.508 e. The SMILES string of the molecule is CC[C@H](C)[C@H](NC(=O)[C@H](CCC(=O)O)NC(=O)[C@H](CC(N)=O)NC(=O)[C@H](CCC(N)=O)NC(=O)[C@H](CO)NC(=O)[C@H](Cc1ccc(O)cc1)NC(=O)[C@H](CC(=O)O)NC(=O)[C@H](CC(C)C)NC(=O)[C@H](C)NC(=O)[C@@H](NC(=O)[C@H](CC(C)C)NC(=O)[C@@H](N)CC(C)C)C(C)C)C(=O)N[C@@H](CCCN=C(N)N)C(=O)O. The summed E-state index contributed by atoms with van der Waals surface area (Å²) in [6.07, 6.45) is -5.12. The monoisotopic (exact) mass is 1530 g/mol. The van der Waals surface area contributed by atoms with Gasteiger partial charge in [0.15, 0.2) is 5.96 Å². The normalized spacial score (nSPS) is 15.1. The van der Waals surface area contributed by atoms with E-state index < -0.39 is 243 Å². The molecular formula is C68H112N18O22. The van der Waals surface area contributed by atoms with E-state index in [9.17, 15) is 107 Å². The van der Waals surface area contributed by atoms with Gasteiger partial charge in [0.2, 0.25) is 82.7 Å². The summed E-state index contributed by atoms with van der Waals surface area (Å²) in [5.74, 6) is -22.3. The van der Waals surface area contributed by atoms with Crippen LogP contribution in [-0.4, -0.2) is 224 Å². The van der Waals surface area contributed by atoms with E-state index in [1.807, 2.05) is 27.7 Å². The van der Waals surface area contributed by atoms with Gasteiger partial charge in [-0.05, 0) is 99.2 Å². The van der Waals surface area contributed by atoms with Gasteiger partial charge in [0, 0.05) is 25.8 Å². The first-order valence-electron chi connectivity index (χ1n) is 35.4. The number of nitrogens with one attached hydrogen (secondary N) is 12. The van der Waals surface area contributed by atoms with E-state index in [-0.39, 0.29) is 73.7 Å². The molecule has 0 bridgehead atoms. The molecule has 27 N–H and O–H groups in total. The summed E-state index contributed by atoms with van der Waals surface area (Å²) in [5.41, 5.74) is 27.8. The van der Waals surface area contributed by atoms with E-state index in [1.165, 1.54) is 38.1 Å². The fourth-order valence-electron chi connectivity index (χ4n) is 10.5. The topological polar surface area (TPSA) is 678 Å². The molecule has 14 amide bonds. The number of primary amides is 2. The molecule has 40 heteroatoms. The summed E-state index contributed by atoms with van der Waals surface area (Å²) in [6.45, 7) is 17.1. The van der Waals surface area contributed by atoms with Gasteiger partial charge < -0.3 is 118 Å². The van der Waals surface area contributed by atoms with Crippen molar-refractivity contribution in [2.45, 2.75) is 238 Å². The lowest BCUT2D eigenvalue weighted by Crippen LogP contribution is -2.62. The minimum absolute atomic E-state index is 0.00431. The summed E-state index contributed by atoms with van der Waals surface area (Å²) in [7, 11) is 0. The number of nitrogens with zero attached hydrogens (tertiary/aromatic N) is 1. The smallest absolute Gasteiger partial charge is 0.326 e. The number of guanidine groups is 1. The van der Waals surface area contributed by atoms with Gasteiger partial charge in [0.1, 0.15) is 78.3 Å². The number of phenolic OH excluding ortho intramolecular Hbond substituents is 1. The zero-order valence-electron chi connectivity index (χ0n) is 62.8. The van der Waals surface area contributed by atoms with Crippen molar-refractivity contribution in [1.82, 2.24) is 63.8 Å². The number of aliphatic carboxylic acids is 3. The summed E-state index contributed by atoms with van der Waals surface area (Å²) < 4.78 is 0. The highest BCUT2D eigenvalue weighted by Crippen LogP contribution is 2.17. The number of amides is 14. The highest BCUT2D eigenvalue weighted by Gasteiger charge is 2.39. The summed E-state index contributed by atoms with van der Waals surface area (Å²) in [5, 5.41) is 78.5. The molecule has 0 aliphatic heterocycles. The van der Waals surface area contributed by atoms with Crippen molar-refractivity contribution in [2.75, 3.05) is 13.2 Å². The number of benzene rings is 1. The van der Waals surface area contributed by atoms with Crippen LogP contribution in [0.5, 0.6) is 5.75 Å². The van der Waals surface area contributed by atoms with Crippen molar-refractivity contribution in [3.05, 3.63) is 29.8 Å². The lowest BCUT2D eigenvalue weighted by atomic mass is 9.96. The number of aliphatic hydroxyl groups excluding tert-OH is 1. The van der Waals surface area contributed by atoms with Crippen LogP contribution in [-0.2, 0) is 87.9 Å². The quantitative estimate of drug-likeness (QED) is 0.0164. The maximum atomic E-state index is 14.4. The highest BCUT2D eigenvalue weighted by molar-refractivity contribution is 6.01. The number of nitrogens with two attached hydrogens (primary N) is 5. The first-order valence-corrected chi connectivity index (χ1v) is 35.4. The molecule has 108 heavy (non-hydrogen) atoms. The number of hydrogen-bond donors (Lipinski definition) is 22. The van der Waals surface area contributed by atoms with Gasteiger partial charge in [-0.3, -0.25) is 81.7 Å². The van der Waals surface area contributed by atoms with Crippen molar-refractivity contribution in [2.24, 2.45) is 63.3 Å². The Morgan fingerprint density at radius 1 is 0.417 bits per heavy atom. The fourth-order valence-corrected chi connectivity index (χ4v) is 10.5. The minimum atomic E-state index is -2.09. The van der Waals surface area contributed by atoms with Crippen molar-refractivity contribution >= 4 is 107 Å². The molecule has 1 aromatic rings. The predicted molar refractivity (Wildman–Crippen MR) is 387 cm³/mol. The number of phenols is 1. The first-order chi connectivity index (χ1) is 50.3. The minimum Gasteiger partial charge on any atom is -0.508 e. The molecule has 40 nitrogen and oxygen atoms in total. The third-order valence-corrected chi connectivity index (χ3v) is 16.6. The van der Waals surface area contributed by atoms with Crippen molar-refractivity contribution in [3.8, 4) is 5.75 Å². The van der Waals surface area contributed by atoms with Crippen molar-refractivity contribution in [1.29, 1.82) is 0 Å². The van der Waals surface area contributed by atoms with E-state index in [1.54, 1.807) is 34.6 Å². The van der Waals surface area contributed by atoms with Crippen LogP contribution in [0.25, 0.3) is 0 Å². The molecule has 0 spiro atoms. The van der Waals surface area contributed by atoms with Crippen LogP contribution >= 0.6 is 0 Å². The van der Waals surface area contributed by atoms with E-state index in [4.69, 9.17) is 28.7 Å². The molecule has 0 aliphatic carbocycles. The third kappa shape index (κ3) is 36.5. The second kappa shape index (κ2) is 47.7. The van der Waals surface area contributed by atoms with Crippen LogP contribution in [0.1, 0.15) is 159 Å². The molecule has 1 aromatic carbocycles. The molecule has 606 valence electrons. The number of rotatable bonds is 51. The average molecular weight is 1530 g/mol. The fraction of sp³-hybridized carbons (Fsp3) is 0.647. The van der Waals surface area contributed by atoms with Gasteiger partial charge in [-0.1, -0.05) is 87.8 Å². The second-order valence-corrected chi connectivity index (χ2v) is 27.9. The van der Waals surface area contributed by atoms with Crippen molar-refractivity contribution in [3.63, 3.8) is 0 Å². The van der Waals surface area contributed by atoms with E-state index in [0.717, 1.165) is 0 Å². The average Bonchev–Trinajstić information content (AvgIpc) is 0.854. The number of aromatic hydroxyl groups is 1.